The van der Waals surface area contributed by atoms with E-state index in [1.54, 1.807) is 0 Å². The summed E-state index contributed by atoms with van der Waals surface area (Å²) in [6.07, 6.45) is 0. The molecule has 0 aliphatic rings. The molecule has 0 aliphatic carbocycles. The van der Waals surface area contributed by atoms with E-state index in [0.29, 0.717) is 0 Å². The van der Waals surface area contributed by atoms with Gasteiger partial charge in [-0.25, -0.2) is 4.79 Å². The highest BCUT2D eigenvalue weighted by Gasteiger charge is 1.96. The van der Waals surface area contributed by atoms with E-state index in [1.165, 1.54) is 7.11 Å². The smallest absolute Gasteiger partial charge is 0.333 e. The molecule has 0 bridgehead atoms. The number of carbonyl (C=O) groups is 1. The molecule has 0 spiro atoms. The summed E-state index contributed by atoms with van der Waals surface area (Å²) in [5.74, 6) is -0.569. The van der Waals surface area contributed by atoms with Gasteiger partial charge in [-0.3, -0.25) is 0 Å². The first-order valence-electron chi connectivity index (χ1n) is 1.71. The third-order valence-corrected chi connectivity index (χ3v) is 0.448. The molecule has 0 heterocycles. The largest absolute Gasteiger partial charge is 0.466 e. The maximum absolute atomic E-state index is 10.1. The monoisotopic (exact) mass is 98.0 g/mol. The summed E-state index contributed by atoms with van der Waals surface area (Å²) in [7, 11) is 1.25. The zero-order chi connectivity index (χ0) is 5.86. The van der Waals surface area contributed by atoms with Crippen LogP contribution in [0.3, 0.4) is 0 Å². The molecule has 0 rings (SSSR count). The second-order valence-electron chi connectivity index (χ2n) is 1.02. The van der Waals surface area contributed by atoms with Crippen LogP contribution in [0.1, 0.15) is 0 Å². The topological polar surface area (TPSA) is 26.3 Å². The van der Waals surface area contributed by atoms with Crippen molar-refractivity contribution in [2.75, 3.05) is 7.11 Å². The third-order valence-electron chi connectivity index (χ3n) is 0.448. The maximum Gasteiger partial charge on any atom is 0.333 e. The summed E-state index contributed by atoms with van der Waals surface area (Å²) in [5, 5.41) is 0. The van der Waals surface area contributed by atoms with Gasteiger partial charge in [0.15, 0.2) is 0 Å². The molecular weight excluding hydrogens is 92.1 g/mol. The van der Waals surface area contributed by atoms with Crippen molar-refractivity contribution in [2.45, 2.75) is 0 Å². The zero-order valence-corrected chi connectivity index (χ0v) is 4.10. The van der Waals surface area contributed by atoms with Gasteiger partial charge >= 0.3 is 5.97 Å². The second kappa shape index (κ2) is 2.39. The Hall–Kier alpha value is -0.790. The lowest BCUT2D eigenvalue weighted by atomic mass is 10.4. The van der Waals surface area contributed by atoms with Crippen molar-refractivity contribution in [2.24, 2.45) is 0 Å². The summed E-state index contributed by atoms with van der Waals surface area (Å²) in [5.41, 5.74) is -0.0671. The maximum atomic E-state index is 10.1. The van der Waals surface area contributed by atoms with Gasteiger partial charge in [-0.1, -0.05) is 6.58 Å². The summed E-state index contributed by atoms with van der Waals surface area (Å²) in [6, 6.07) is 0. The lowest BCUT2D eigenvalue weighted by molar-refractivity contribution is -0.135. The second-order valence-corrected chi connectivity index (χ2v) is 1.02. The predicted octanol–water partition coefficient (Wildman–Crippen LogP) is 0.427. The average Bonchev–Trinajstić information content (AvgIpc) is 1.65. The molecule has 2 radical (unpaired) electrons. The number of rotatable bonds is 1. The molecular formula is C5H6O2. The standard InChI is InChI=1S/C5H6O2/c1-4(2)5(6)7-3/h1H,2H2,3H3. The van der Waals surface area contributed by atoms with Gasteiger partial charge in [-0.2, -0.15) is 0 Å². The van der Waals surface area contributed by atoms with Gasteiger partial charge in [-0.15, -0.1) is 0 Å². The first-order chi connectivity index (χ1) is 3.18. The number of methoxy groups -OCH3 is 1. The highest BCUT2D eigenvalue weighted by molar-refractivity contribution is 5.88. The van der Waals surface area contributed by atoms with Crippen LogP contribution in [0.15, 0.2) is 12.2 Å². The number of hydrogen-bond donors (Lipinski definition) is 0. The molecule has 0 aromatic carbocycles. The minimum absolute atomic E-state index is 0.0671. The summed E-state index contributed by atoms with van der Waals surface area (Å²) < 4.78 is 4.15. The van der Waals surface area contributed by atoms with Crippen molar-refractivity contribution in [3.8, 4) is 0 Å². The Bertz CT molecular complexity index is 94.3. The fourth-order valence-corrected chi connectivity index (χ4v) is 0.131. The normalized spacial score (nSPS) is 7.71. The van der Waals surface area contributed by atoms with Gasteiger partial charge < -0.3 is 4.74 Å². The minimum Gasteiger partial charge on any atom is -0.466 e. The molecule has 2 nitrogen and oxygen atoms in total. The molecule has 0 aromatic heterocycles. The lowest BCUT2D eigenvalue weighted by Crippen LogP contribution is -1.99. The first-order valence-corrected chi connectivity index (χ1v) is 1.71. The van der Waals surface area contributed by atoms with E-state index in [4.69, 9.17) is 6.92 Å². The van der Waals surface area contributed by atoms with Gasteiger partial charge in [0, 0.05) is 12.5 Å². The number of carbonyl (C=O) groups excluding carboxylic acids is 1. The van der Waals surface area contributed by atoms with Crippen molar-refractivity contribution in [1.82, 2.24) is 0 Å². The quantitative estimate of drug-likeness (QED) is 0.351. The van der Waals surface area contributed by atoms with Crippen LogP contribution in [0.25, 0.3) is 0 Å². The van der Waals surface area contributed by atoms with E-state index in [9.17, 15) is 4.79 Å². The lowest BCUT2D eigenvalue weighted by Gasteiger charge is -1.91. The van der Waals surface area contributed by atoms with Crippen molar-refractivity contribution in [3.05, 3.63) is 19.1 Å². The molecule has 7 heavy (non-hydrogen) atoms. The van der Waals surface area contributed by atoms with Crippen molar-refractivity contribution in [3.63, 3.8) is 0 Å². The Morgan fingerprint density at radius 2 is 2.29 bits per heavy atom. The van der Waals surface area contributed by atoms with E-state index in [1.807, 2.05) is 0 Å². The summed E-state index contributed by atoms with van der Waals surface area (Å²) in [6.45, 7) is 8.01. The van der Waals surface area contributed by atoms with E-state index in [2.05, 4.69) is 11.3 Å². The van der Waals surface area contributed by atoms with Crippen LogP contribution in [0, 0.1) is 6.92 Å². The Morgan fingerprint density at radius 1 is 1.86 bits per heavy atom. The van der Waals surface area contributed by atoms with Crippen molar-refractivity contribution in [1.29, 1.82) is 0 Å². The molecule has 0 atom stereocenters. The SMILES string of the molecule is [CH]C(=C)C(=O)OC. The number of ether oxygens (including phenoxy) is 1. The van der Waals surface area contributed by atoms with Crippen molar-refractivity contribution >= 4 is 5.97 Å². The molecule has 0 unspecified atom stereocenters. The first kappa shape index (κ1) is 6.21. The predicted molar refractivity (Wildman–Crippen MR) is 25.5 cm³/mol. The van der Waals surface area contributed by atoms with Gasteiger partial charge in [0.25, 0.3) is 0 Å². The zero-order valence-electron chi connectivity index (χ0n) is 4.10. The van der Waals surface area contributed by atoms with Crippen LogP contribution in [-0.2, 0) is 9.53 Å². The molecule has 0 N–H and O–H groups in total. The molecule has 0 saturated carbocycles. The fraction of sp³-hybridized carbons (Fsp3) is 0.200. The number of hydrogen-bond acceptors (Lipinski definition) is 2. The average molecular weight is 98.1 g/mol. The van der Waals surface area contributed by atoms with Crippen LogP contribution < -0.4 is 0 Å². The van der Waals surface area contributed by atoms with E-state index < -0.39 is 5.97 Å². The molecule has 0 aliphatic heterocycles. The van der Waals surface area contributed by atoms with E-state index in [0.717, 1.165) is 0 Å². The molecule has 0 saturated heterocycles. The van der Waals surface area contributed by atoms with Crippen LogP contribution >= 0.6 is 0 Å². The van der Waals surface area contributed by atoms with Crippen LogP contribution in [-0.4, -0.2) is 13.1 Å². The Balaban J connectivity index is 3.58. The van der Waals surface area contributed by atoms with E-state index in [-0.39, 0.29) is 5.57 Å². The fourth-order valence-electron chi connectivity index (χ4n) is 0.131. The summed E-state index contributed by atoms with van der Waals surface area (Å²) >= 11 is 0. The highest BCUT2D eigenvalue weighted by atomic mass is 16.5. The third kappa shape index (κ3) is 1.98. The minimum atomic E-state index is -0.569. The van der Waals surface area contributed by atoms with Gasteiger partial charge in [0.2, 0.25) is 0 Å². The summed E-state index contributed by atoms with van der Waals surface area (Å²) in [4.78, 5) is 10.1. The molecule has 0 amide bonds. The molecule has 0 aromatic rings. The Labute approximate surface area is 42.8 Å². The molecule has 2 heteroatoms. The van der Waals surface area contributed by atoms with Gasteiger partial charge in [-0.05, 0) is 0 Å². The Morgan fingerprint density at radius 3 is 2.29 bits per heavy atom. The molecule has 38 valence electrons. The van der Waals surface area contributed by atoms with Crippen LogP contribution in [0.5, 0.6) is 0 Å². The van der Waals surface area contributed by atoms with E-state index >= 15 is 0 Å². The van der Waals surface area contributed by atoms with Crippen LogP contribution in [0.4, 0.5) is 0 Å². The van der Waals surface area contributed by atoms with Crippen molar-refractivity contribution < 1.29 is 9.53 Å². The Kier molecular flexibility index (Phi) is 2.12. The van der Waals surface area contributed by atoms with Gasteiger partial charge in [0.1, 0.15) is 0 Å². The highest BCUT2D eigenvalue weighted by Crippen LogP contribution is 1.86. The number of esters is 1. The molecule has 0 fully saturated rings. The van der Waals surface area contributed by atoms with Gasteiger partial charge in [0.05, 0.1) is 7.11 Å². The van der Waals surface area contributed by atoms with Crippen LogP contribution in [0.2, 0.25) is 0 Å².